The summed E-state index contributed by atoms with van der Waals surface area (Å²) in [5, 5.41) is 17.7. The van der Waals surface area contributed by atoms with Crippen LogP contribution in [-0.4, -0.2) is 36.6 Å². The van der Waals surface area contributed by atoms with Gasteiger partial charge in [-0.2, -0.15) is 4.72 Å². The molecule has 0 radical (unpaired) electrons. The van der Waals surface area contributed by atoms with E-state index in [1.807, 2.05) is 0 Å². The number of hydrogen-bond donors (Lipinski definition) is 3. The molecule has 1 unspecified atom stereocenters. The average molecular weight is 371 g/mol. The number of sulfonamides is 1. The third kappa shape index (κ3) is 7.66. The second-order valence-corrected chi connectivity index (χ2v) is 7.61. The molecule has 8 heteroatoms. The van der Waals surface area contributed by atoms with Crippen LogP contribution >= 0.6 is 0 Å². The van der Waals surface area contributed by atoms with Gasteiger partial charge in [-0.05, 0) is 37.0 Å². The largest absolute Gasteiger partial charge is 0.481 e. The first-order valence-electron chi connectivity index (χ1n) is 8.32. The van der Waals surface area contributed by atoms with Crippen molar-refractivity contribution in [2.24, 2.45) is 0 Å². The van der Waals surface area contributed by atoms with Crippen molar-refractivity contribution in [1.29, 1.82) is 0 Å². The minimum atomic E-state index is -4.02. The van der Waals surface area contributed by atoms with Crippen molar-refractivity contribution in [3.63, 3.8) is 0 Å². The molecular weight excluding hydrogens is 346 g/mol. The van der Waals surface area contributed by atoms with Crippen molar-refractivity contribution in [3.8, 4) is 0 Å². The van der Waals surface area contributed by atoms with Crippen LogP contribution in [0.5, 0.6) is 0 Å². The number of aliphatic carboxylic acids is 2. The number of unbranched alkanes of at least 4 members (excludes halogenated alkanes) is 3. The molecule has 0 aliphatic heterocycles. The van der Waals surface area contributed by atoms with Crippen molar-refractivity contribution in [2.45, 2.75) is 62.8 Å². The Morgan fingerprint density at radius 2 is 1.72 bits per heavy atom. The Morgan fingerprint density at radius 3 is 2.24 bits per heavy atom. The highest BCUT2D eigenvalue weighted by atomic mass is 32.2. The van der Waals surface area contributed by atoms with Crippen LogP contribution in [0.2, 0.25) is 0 Å². The minimum absolute atomic E-state index is 0.0358. The van der Waals surface area contributed by atoms with Crippen molar-refractivity contribution in [2.75, 3.05) is 0 Å². The molecule has 0 aromatic heterocycles. The highest BCUT2D eigenvalue weighted by Gasteiger charge is 2.25. The molecule has 0 spiro atoms. The Labute approximate surface area is 148 Å². The van der Waals surface area contributed by atoms with E-state index in [1.165, 1.54) is 18.6 Å². The third-order valence-corrected chi connectivity index (χ3v) is 5.28. The van der Waals surface area contributed by atoms with E-state index in [4.69, 9.17) is 10.2 Å². The van der Waals surface area contributed by atoms with Gasteiger partial charge in [0.05, 0.1) is 4.90 Å². The Balaban J connectivity index is 2.73. The fraction of sp³-hybridized carbons (Fsp3) is 0.529. The number of nitrogens with one attached hydrogen (secondary N) is 1. The topological polar surface area (TPSA) is 121 Å². The van der Waals surface area contributed by atoms with Gasteiger partial charge in [-0.15, -0.1) is 0 Å². The predicted octanol–water partition coefficient (Wildman–Crippen LogP) is 2.41. The van der Waals surface area contributed by atoms with Crippen LogP contribution in [0, 0.1) is 0 Å². The number of carboxylic acid groups (broad SMARTS) is 2. The van der Waals surface area contributed by atoms with Gasteiger partial charge in [-0.1, -0.05) is 38.3 Å². The molecule has 1 atom stereocenters. The SMILES string of the molecule is CCCCCCc1ccc(S(=O)(=O)NC(CCC(=O)O)C(=O)O)cc1. The zero-order valence-corrected chi connectivity index (χ0v) is 15.1. The molecule has 0 saturated heterocycles. The lowest BCUT2D eigenvalue weighted by Gasteiger charge is -2.14. The van der Waals surface area contributed by atoms with Crippen LogP contribution in [-0.2, 0) is 26.0 Å². The van der Waals surface area contributed by atoms with E-state index in [0.717, 1.165) is 31.2 Å². The standard InChI is InChI=1S/C17H25NO6S/c1-2-3-4-5-6-13-7-9-14(10-8-13)25(23,24)18-15(17(21)22)11-12-16(19)20/h7-10,15,18H,2-6,11-12H2,1H3,(H,19,20)(H,21,22). The number of carboxylic acids is 2. The van der Waals surface area contributed by atoms with Crippen molar-refractivity contribution >= 4 is 22.0 Å². The van der Waals surface area contributed by atoms with Crippen LogP contribution in [0.15, 0.2) is 29.2 Å². The van der Waals surface area contributed by atoms with Gasteiger partial charge >= 0.3 is 11.9 Å². The summed E-state index contributed by atoms with van der Waals surface area (Å²) in [7, 11) is -4.02. The van der Waals surface area contributed by atoms with Gasteiger partial charge in [0.2, 0.25) is 10.0 Å². The quantitative estimate of drug-likeness (QED) is 0.485. The molecule has 0 bridgehead atoms. The summed E-state index contributed by atoms with van der Waals surface area (Å²) < 4.78 is 26.6. The van der Waals surface area contributed by atoms with Crippen LogP contribution in [0.3, 0.4) is 0 Å². The van der Waals surface area contributed by atoms with Gasteiger partial charge in [0.15, 0.2) is 0 Å². The number of rotatable bonds is 12. The maximum Gasteiger partial charge on any atom is 0.321 e. The molecule has 0 heterocycles. The number of carbonyl (C=O) groups is 2. The Hall–Kier alpha value is -1.93. The Kier molecular flexibility index (Phi) is 8.57. The minimum Gasteiger partial charge on any atom is -0.481 e. The molecular formula is C17H25NO6S. The van der Waals surface area contributed by atoms with Gasteiger partial charge in [0, 0.05) is 6.42 Å². The fourth-order valence-corrected chi connectivity index (χ4v) is 3.57. The van der Waals surface area contributed by atoms with E-state index >= 15 is 0 Å². The Morgan fingerprint density at radius 1 is 1.08 bits per heavy atom. The molecule has 1 aromatic carbocycles. The van der Waals surface area contributed by atoms with E-state index in [2.05, 4.69) is 11.6 Å². The molecule has 0 amide bonds. The lowest BCUT2D eigenvalue weighted by molar-refractivity contribution is -0.140. The predicted molar refractivity (Wildman–Crippen MR) is 92.9 cm³/mol. The van der Waals surface area contributed by atoms with Gasteiger partial charge in [-0.25, -0.2) is 8.42 Å². The summed E-state index contributed by atoms with van der Waals surface area (Å²) in [6.45, 7) is 2.13. The van der Waals surface area contributed by atoms with Crippen LogP contribution < -0.4 is 4.72 Å². The van der Waals surface area contributed by atoms with E-state index < -0.39 is 34.4 Å². The van der Waals surface area contributed by atoms with E-state index in [0.29, 0.717) is 0 Å². The monoisotopic (exact) mass is 371 g/mol. The summed E-state index contributed by atoms with van der Waals surface area (Å²) in [5.74, 6) is -2.59. The molecule has 0 fully saturated rings. The fourth-order valence-electron chi connectivity index (χ4n) is 2.35. The van der Waals surface area contributed by atoms with Gasteiger partial charge in [-0.3, -0.25) is 9.59 Å². The van der Waals surface area contributed by atoms with E-state index in [-0.39, 0.29) is 11.3 Å². The number of hydrogen-bond acceptors (Lipinski definition) is 4. The van der Waals surface area contributed by atoms with E-state index in [1.54, 1.807) is 12.1 Å². The maximum atomic E-state index is 12.3. The van der Waals surface area contributed by atoms with Crippen molar-refractivity contribution in [1.82, 2.24) is 4.72 Å². The lowest BCUT2D eigenvalue weighted by atomic mass is 10.1. The average Bonchev–Trinajstić information content (AvgIpc) is 2.55. The first kappa shape index (κ1) is 21.1. The highest BCUT2D eigenvalue weighted by Crippen LogP contribution is 2.14. The molecule has 1 rings (SSSR count). The maximum absolute atomic E-state index is 12.3. The van der Waals surface area contributed by atoms with Gasteiger partial charge < -0.3 is 10.2 Å². The van der Waals surface area contributed by atoms with Gasteiger partial charge in [0.25, 0.3) is 0 Å². The molecule has 3 N–H and O–H groups in total. The summed E-state index contributed by atoms with van der Waals surface area (Å²) in [6, 6.07) is 4.83. The summed E-state index contributed by atoms with van der Waals surface area (Å²) in [6.07, 6.45) is 4.59. The van der Waals surface area contributed by atoms with Crippen LogP contribution in [0.1, 0.15) is 51.0 Å². The van der Waals surface area contributed by atoms with E-state index in [9.17, 15) is 18.0 Å². The highest BCUT2D eigenvalue weighted by molar-refractivity contribution is 7.89. The molecule has 7 nitrogen and oxygen atoms in total. The zero-order valence-electron chi connectivity index (χ0n) is 14.3. The van der Waals surface area contributed by atoms with Crippen LogP contribution in [0.4, 0.5) is 0 Å². The summed E-state index contributed by atoms with van der Waals surface area (Å²) >= 11 is 0. The first-order valence-corrected chi connectivity index (χ1v) is 9.80. The van der Waals surface area contributed by atoms with Crippen LogP contribution in [0.25, 0.3) is 0 Å². The molecule has 1 aromatic rings. The smallest absolute Gasteiger partial charge is 0.321 e. The second kappa shape index (κ2) is 10.1. The summed E-state index contributed by atoms with van der Waals surface area (Å²) in [5.41, 5.74) is 1.02. The normalized spacial score (nSPS) is 12.7. The zero-order chi connectivity index (χ0) is 18.9. The molecule has 0 aliphatic rings. The lowest BCUT2D eigenvalue weighted by Crippen LogP contribution is -2.41. The number of benzene rings is 1. The molecule has 0 aliphatic carbocycles. The Bertz CT molecular complexity index is 669. The van der Waals surface area contributed by atoms with Crippen molar-refractivity contribution in [3.05, 3.63) is 29.8 Å². The number of aryl methyl sites for hydroxylation is 1. The molecule has 140 valence electrons. The van der Waals surface area contributed by atoms with Crippen molar-refractivity contribution < 1.29 is 28.2 Å². The summed E-state index contributed by atoms with van der Waals surface area (Å²) in [4.78, 5) is 21.6. The third-order valence-electron chi connectivity index (χ3n) is 3.80. The van der Waals surface area contributed by atoms with Gasteiger partial charge in [0.1, 0.15) is 6.04 Å². The molecule has 25 heavy (non-hydrogen) atoms. The molecule has 0 saturated carbocycles. The first-order chi connectivity index (χ1) is 11.8. The second-order valence-electron chi connectivity index (χ2n) is 5.90.